The lowest BCUT2D eigenvalue weighted by Gasteiger charge is -2.10. The summed E-state index contributed by atoms with van der Waals surface area (Å²) in [6, 6.07) is 20.0. The predicted molar refractivity (Wildman–Crippen MR) is 97.9 cm³/mol. The highest BCUT2D eigenvalue weighted by atomic mass is 16.4. The molecule has 4 nitrogen and oxygen atoms in total. The Balaban J connectivity index is 2.06. The van der Waals surface area contributed by atoms with Crippen LogP contribution in [0.4, 0.5) is 0 Å². The van der Waals surface area contributed by atoms with E-state index in [0.717, 1.165) is 22.5 Å². The van der Waals surface area contributed by atoms with Gasteiger partial charge in [-0.05, 0) is 11.1 Å². The Morgan fingerprint density at radius 2 is 1.56 bits per heavy atom. The van der Waals surface area contributed by atoms with Crippen molar-refractivity contribution in [1.82, 2.24) is 9.55 Å². The van der Waals surface area contributed by atoms with Crippen LogP contribution in [0.2, 0.25) is 0 Å². The third-order valence-electron chi connectivity index (χ3n) is 4.09. The lowest BCUT2D eigenvalue weighted by Crippen LogP contribution is -2.12. The Labute approximate surface area is 147 Å². The fourth-order valence-corrected chi connectivity index (χ4v) is 2.94. The summed E-state index contributed by atoms with van der Waals surface area (Å²) in [4.78, 5) is 16.1. The number of hydrogen-bond acceptors (Lipinski definition) is 2. The second kappa shape index (κ2) is 7.62. The molecule has 0 atom stereocenters. The molecule has 3 rings (SSSR count). The van der Waals surface area contributed by atoms with Gasteiger partial charge in [-0.25, -0.2) is 9.78 Å². The first-order valence-corrected chi connectivity index (χ1v) is 8.19. The Bertz CT molecular complexity index is 868. The fourth-order valence-electron chi connectivity index (χ4n) is 2.94. The minimum atomic E-state index is -1.02. The molecule has 0 aliphatic carbocycles. The summed E-state index contributed by atoms with van der Waals surface area (Å²) in [5.41, 5.74) is 3.96. The molecule has 0 amide bonds. The molecule has 126 valence electrons. The van der Waals surface area contributed by atoms with Crippen LogP contribution in [0.3, 0.4) is 0 Å². The van der Waals surface area contributed by atoms with E-state index in [1.807, 2.05) is 60.7 Å². The van der Waals surface area contributed by atoms with Crippen molar-refractivity contribution in [2.24, 2.45) is 0 Å². The normalized spacial score (nSPS) is 10.6. The molecule has 0 saturated carbocycles. The quantitative estimate of drug-likeness (QED) is 0.667. The number of carbonyl (C=O) groups is 1. The largest absolute Gasteiger partial charge is 0.475 e. The van der Waals surface area contributed by atoms with Gasteiger partial charge >= 0.3 is 5.97 Å². The zero-order valence-corrected chi connectivity index (χ0v) is 13.9. The van der Waals surface area contributed by atoms with Crippen molar-refractivity contribution < 1.29 is 9.90 Å². The number of carboxylic acid groups (broad SMARTS) is 1. The van der Waals surface area contributed by atoms with Crippen LogP contribution >= 0.6 is 0 Å². The van der Waals surface area contributed by atoms with Crippen LogP contribution in [0, 0.1) is 0 Å². The zero-order chi connectivity index (χ0) is 17.6. The molecule has 0 aliphatic heterocycles. The molecule has 1 N–H and O–H groups in total. The van der Waals surface area contributed by atoms with Gasteiger partial charge in [0.15, 0.2) is 0 Å². The van der Waals surface area contributed by atoms with Crippen LogP contribution in [0.15, 0.2) is 73.3 Å². The van der Waals surface area contributed by atoms with Crippen LogP contribution in [-0.4, -0.2) is 20.6 Å². The minimum absolute atomic E-state index is 0.0664. The van der Waals surface area contributed by atoms with E-state index in [9.17, 15) is 9.90 Å². The van der Waals surface area contributed by atoms with E-state index in [0.29, 0.717) is 19.4 Å². The standard InChI is InChI=1S/C21H20N2O2/c1-2-13-23-19(15-17-11-7-4-8-12-17)18(22-20(23)21(24)25)14-16-9-5-3-6-10-16/h2-12H,1,13-15H2,(H,24,25). The van der Waals surface area contributed by atoms with E-state index in [1.165, 1.54) is 0 Å². The first-order chi connectivity index (χ1) is 12.2. The molecule has 0 fully saturated rings. The van der Waals surface area contributed by atoms with Gasteiger partial charge in [0, 0.05) is 25.1 Å². The van der Waals surface area contributed by atoms with Gasteiger partial charge in [0.2, 0.25) is 5.82 Å². The molecule has 0 bridgehead atoms. The number of carboxylic acids is 1. The summed E-state index contributed by atoms with van der Waals surface area (Å²) in [7, 11) is 0. The van der Waals surface area contributed by atoms with Crippen LogP contribution in [0.1, 0.15) is 33.1 Å². The highest BCUT2D eigenvalue weighted by molar-refractivity contribution is 5.84. The van der Waals surface area contributed by atoms with Gasteiger partial charge in [-0.2, -0.15) is 0 Å². The van der Waals surface area contributed by atoms with Crippen LogP contribution in [0.25, 0.3) is 0 Å². The number of rotatable bonds is 7. The number of benzene rings is 2. The SMILES string of the molecule is C=CCn1c(C(=O)O)nc(Cc2ccccc2)c1Cc1ccccc1. The third kappa shape index (κ3) is 3.86. The molecule has 1 heterocycles. The maximum Gasteiger partial charge on any atom is 0.372 e. The highest BCUT2D eigenvalue weighted by Gasteiger charge is 2.21. The summed E-state index contributed by atoms with van der Waals surface area (Å²) in [6.07, 6.45) is 2.94. The number of nitrogens with zero attached hydrogens (tertiary/aromatic N) is 2. The highest BCUT2D eigenvalue weighted by Crippen LogP contribution is 2.20. The first kappa shape index (κ1) is 16.7. The Morgan fingerprint density at radius 3 is 2.08 bits per heavy atom. The summed E-state index contributed by atoms with van der Waals surface area (Å²) in [6.45, 7) is 4.18. The van der Waals surface area contributed by atoms with E-state index in [-0.39, 0.29) is 5.82 Å². The van der Waals surface area contributed by atoms with Gasteiger partial charge in [0.25, 0.3) is 0 Å². The van der Waals surface area contributed by atoms with Crippen LogP contribution < -0.4 is 0 Å². The van der Waals surface area contributed by atoms with E-state index in [2.05, 4.69) is 11.6 Å². The van der Waals surface area contributed by atoms with E-state index in [4.69, 9.17) is 0 Å². The maximum absolute atomic E-state index is 11.6. The smallest absolute Gasteiger partial charge is 0.372 e. The molecular weight excluding hydrogens is 312 g/mol. The second-order valence-electron chi connectivity index (χ2n) is 5.86. The maximum atomic E-state index is 11.6. The number of aromatic carboxylic acids is 1. The molecule has 2 aromatic carbocycles. The Morgan fingerprint density at radius 1 is 1.00 bits per heavy atom. The summed E-state index contributed by atoms with van der Waals surface area (Å²) >= 11 is 0. The molecule has 0 saturated heterocycles. The lowest BCUT2D eigenvalue weighted by molar-refractivity contribution is 0.0678. The molecule has 3 aromatic rings. The minimum Gasteiger partial charge on any atom is -0.475 e. The predicted octanol–water partition coefficient (Wildman–Crippen LogP) is 3.95. The fraction of sp³-hybridized carbons (Fsp3) is 0.143. The summed E-state index contributed by atoms with van der Waals surface area (Å²) in [5.74, 6) is -0.952. The van der Waals surface area contributed by atoms with Crippen LogP contribution in [0.5, 0.6) is 0 Å². The molecule has 0 aliphatic rings. The van der Waals surface area contributed by atoms with Gasteiger partial charge in [-0.3, -0.25) is 0 Å². The van der Waals surface area contributed by atoms with Crippen molar-refractivity contribution >= 4 is 5.97 Å². The van der Waals surface area contributed by atoms with E-state index >= 15 is 0 Å². The van der Waals surface area contributed by atoms with Crippen LogP contribution in [-0.2, 0) is 19.4 Å². The molecular formula is C21H20N2O2. The lowest BCUT2D eigenvalue weighted by atomic mass is 10.0. The summed E-state index contributed by atoms with van der Waals surface area (Å²) < 4.78 is 1.75. The Kier molecular flexibility index (Phi) is 5.09. The Hall–Kier alpha value is -3.14. The molecule has 0 unspecified atom stereocenters. The number of aromatic nitrogens is 2. The first-order valence-electron chi connectivity index (χ1n) is 8.19. The van der Waals surface area contributed by atoms with Crippen molar-refractivity contribution in [3.63, 3.8) is 0 Å². The molecule has 1 aromatic heterocycles. The van der Waals surface area contributed by atoms with E-state index < -0.39 is 5.97 Å². The third-order valence-corrected chi connectivity index (χ3v) is 4.09. The average Bonchev–Trinajstić information content (AvgIpc) is 2.95. The monoisotopic (exact) mass is 332 g/mol. The summed E-state index contributed by atoms with van der Waals surface area (Å²) in [5, 5.41) is 9.54. The number of allylic oxidation sites excluding steroid dienone is 1. The van der Waals surface area contributed by atoms with Crippen molar-refractivity contribution in [1.29, 1.82) is 0 Å². The second-order valence-corrected chi connectivity index (χ2v) is 5.86. The average molecular weight is 332 g/mol. The van der Waals surface area contributed by atoms with Gasteiger partial charge in [0.1, 0.15) is 0 Å². The zero-order valence-electron chi connectivity index (χ0n) is 13.9. The van der Waals surface area contributed by atoms with Crippen molar-refractivity contribution in [3.05, 3.63) is 102 Å². The van der Waals surface area contributed by atoms with Crippen molar-refractivity contribution in [2.45, 2.75) is 19.4 Å². The molecule has 25 heavy (non-hydrogen) atoms. The molecule has 0 radical (unpaired) electrons. The number of imidazole rings is 1. The van der Waals surface area contributed by atoms with Crippen molar-refractivity contribution in [3.8, 4) is 0 Å². The number of hydrogen-bond donors (Lipinski definition) is 1. The van der Waals surface area contributed by atoms with Gasteiger partial charge in [-0.1, -0.05) is 66.7 Å². The molecule has 4 heteroatoms. The van der Waals surface area contributed by atoms with Gasteiger partial charge in [-0.15, -0.1) is 6.58 Å². The van der Waals surface area contributed by atoms with Gasteiger partial charge in [0.05, 0.1) is 5.69 Å². The van der Waals surface area contributed by atoms with Gasteiger partial charge < -0.3 is 9.67 Å². The van der Waals surface area contributed by atoms with E-state index in [1.54, 1.807) is 10.6 Å². The van der Waals surface area contributed by atoms with Crippen molar-refractivity contribution in [2.75, 3.05) is 0 Å². The molecule has 0 spiro atoms. The topological polar surface area (TPSA) is 55.1 Å².